The monoisotopic (exact) mass is 96.1 g/mol. The van der Waals surface area contributed by atoms with E-state index in [9.17, 15) is 0 Å². The van der Waals surface area contributed by atoms with Gasteiger partial charge in [0, 0.05) is 0 Å². The molecule has 0 spiro atoms. The summed E-state index contributed by atoms with van der Waals surface area (Å²) >= 11 is 0. The average Bonchev–Trinajstić information content (AvgIpc) is 1.65. The van der Waals surface area contributed by atoms with E-state index in [4.69, 9.17) is 0 Å². The van der Waals surface area contributed by atoms with Crippen LogP contribution < -0.4 is 0 Å². The summed E-state index contributed by atoms with van der Waals surface area (Å²) in [6.45, 7) is 7.71. The molecule has 0 rings (SSSR count). The fourth-order valence-electron chi connectivity index (χ4n) is 0.471. The van der Waals surface area contributed by atoms with Crippen LogP contribution in [-0.2, 0) is 0 Å². The Morgan fingerprint density at radius 2 is 2.14 bits per heavy atom. The van der Waals surface area contributed by atoms with Crippen molar-refractivity contribution < 1.29 is 0 Å². The normalized spacial score (nSPS) is 13.6. The van der Waals surface area contributed by atoms with Gasteiger partial charge in [-0.05, 0) is 0 Å². The van der Waals surface area contributed by atoms with Gasteiger partial charge in [-0.3, -0.25) is 0 Å². The summed E-state index contributed by atoms with van der Waals surface area (Å²) in [6.07, 6.45) is 1.32. The third kappa shape index (κ3) is 2.78. The second kappa shape index (κ2) is 3.17. The zero-order chi connectivity index (χ0) is 5.86. The maximum Gasteiger partial charge on any atom is 0.131 e. The Hall–Kier alpha value is 0.130. The van der Waals surface area contributed by atoms with Gasteiger partial charge < -0.3 is 0 Å². The lowest BCUT2D eigenvalue weighted by Crippen LogP contribution is -2.11. The van der Waals surface area contributed by atoms with Gasteiger partial charge in [-0.25, -0.2) is 0 Å². The molecule has 1 atom stereocenters. The molecule has 0 saturated carbocycles. The van der Waals surface area contributed by atoms with E-state index in [-0.39, 0.29) is 0 Å². The topological polar surface area (TPSA) is 0 Å². The van der Waals surface area contributed by atoms with Crippen molar-refractivity contribution in [1.82, 2.24) is 0 Å². The van der Waals surface area contributed by atoms with Crippen LogP contribution in [-0.4, -0.2) is 14.6 Å². The molecule has 0 bridgehead atoms. The molecule has 0 saturated heterocycles. The van der Waals surface area contributed by atoms with Gasteiger partial charge in [0.15, 0.2) is 0 Å². The molecule has 7 heavy (non-hydrogen) atoms. The largest absolute Gasteiger partial charge is 0.131 e. The highest BCUT2D eigenvalue weighted by Gasteiger charge is 2.06. The van der Waals surface area contributed by atoms with Crippen molar-refractivity contribution in [2.75, 3.05) is 0 Å². The Kier molecular flexibility index (Phi) is 3.23. The molecular weight excluding hydrogens is 81.7 g/mol. The second-order valence-corrected chi connectivity index (χ2v) is 2.63. The zero-order valence-electron chi connectivity index (χ0n) is 5.86. The fraction of sp³-hybridized carbons (Fsp3) is 1.00. The van der Waals surface area contributed by atoms with Crippen molar-refractivity contribution in [3.8, 4) is 0 Å². The van der Waals surface area contributed by atoms with Gasteiger partial charge in [0.1, 0.15) is 6.71 Å². The van der Waals surface area contributed by atoms with E-state index >= 15 is 0 Å². The average molecular weight is 95.8 g/mol. The zero-order valence-corrected chi connectivity index (χ0v) is 5.86. The minimum atomic E-state index is 0.866. The summed E-state index contributed by atoms with van der Waals surface area (Å²) in [5, 5.41) is 0. The molecule has 0 amide bonds. The third-order valence-corrected chi connectivity index (χ3v) is 1.78. The minimum Gasteiger partial charge on any atom is -0.0925 e. The Labute approximate surface area is 48.2 Å². The van der Waals surface area contributed by atoms with Crippen molar-refractivity contribution in [2.24, 2.45) is 0 Å². The van der Waals surface area contributed by atoms with Crippen LogP contribution in [0.25, 0.3) is 0 Å². The van der Waals surface area contributed by atoms with E-state index in [1.807, 2.05) is 0 Å². The Morgan fingerprint density at radius 1 is 1.71 bits per heavy atom. The second-order valence-electron chi connectivity index (χ2n) is 2.63. The maximum absolute atomic E-state index is 2.30. The SMILES string of the molecule is BC(C)B(C)CC. The van der Waals surface area contributed by atoms with E-state index in [0.29, 0.717) is 0 Å². The summed E-state index contributed by atoms with van der Waals surface area (Å²) in [6, 6.07) is 0. The molecule has 0 aliphatic rings. The molecule has 0 heterocycles. The molecule has 0 aliphatic carbocycles. The molecule has 1 unspecified atom stereocenters. The van der Waals surface area contributed by atoms with E-state index in [1.54, 1.807) is 0 Å². The highest BCUT2D eigenvalue weighted by atomic mass is 13.7. The summed E-state index contributed by atoms with van der Waals surface area (Å²) < 4.78 is 0. The van der Waals surface area contributed by atoms with Crippen molar-refractivity contribution >= 4 is 14.6 Å². The first-order valence-corrected chi connectivity index (χ1v) is 3.18. The maximum atomic E-state index is 2.30. The van der Waals surface area contributed by atoms with Crippen LogP contribution in [0.3, 0.4) is 0 Å². The minimum absolute atomic E-state index is 0.866. The van der Waals surface area contributed by atoms with Crippen LogP contribution in [0.4, 0.5) is 0 Å². The number of hydrogen-bond acceptors (Lipinski definition) is 0. The number of rotatable bonds is 2. The van der Waals surface area contributed by atoms with E-state index < -0.39 is 0 Å². The lowest BCUT2D eigenvalue weighted by atomic mass is 9.36. The smallest absolute Gasteiger partial charge is 0.0925 e. The third-order valence-electron chi connectivity index (χ3n) is 1.78. The van der Waals surface area contributed by atoms with E-state index in [2.05, 4.69) is 28.5 Å². The quantitative estimate of drug-likeness (QED) is 0.451. The highest BCUT2D eigenvalue weighted by molar-refractivity contribution is 6.66. The van der Waals surface area contributed by atoms with Crippen LogP contribution in [0.1, 0.15) is 13.8 Å². The highest BCUT2D eigenvalue weighted by Crippen LogP contribution is 2.05. The molecule has 0 N–H and O–H groups in total. The van der Waals surface area contributed by atoms with E-state index in [0.717, 1.165) is 12.4 Å². The molecule has 40 valence electrons. The molecular formula is C5H14B2. The molecule has 2 heteroatoms. The van der Waals surface area contributed by atoms with Crippen LogP contribution in [0.2, 0.25) is 18.9 Å². The Morgan fingerprint density at radius 3 is 2.14 bits per heavy atom. The fourth-order valence-corrected chi connectivity index (χ4v) is 0.471. The molecule has 0 aromatic rings. The summed E-state index contributed by atoms with van der Waals surface area (Å²) in [5.74, 6) is 0. The van der Waals surface area contributed by atoms with Crippen LogP contribution >= 0.6 is 0 Å². The van der Waals surface area contributed by atoms with Crippen molar-refractivity contribution in [2.45, 2.75) is 32.7 Å². The van der Waals surface area contributed by atoms with E-state index in [1.165, 1.54) is 6.32 Å². The lowest BCUT2D eigenvalue weighted by molar-refractivity contribution is 1.24. The Bertz CT molecular complexity index is 43.3. The van der Waals surface area contributed by atoms with Crippen LogP contribution in [0, 0.1) is 0 Å². The first kappa shape index (κ1) is 7.13. The predicted molar refractivity (Wildman–Crippen MR) is 40.1 cm³/mol. The molecule has 0 nitrogen and oxygen atoms in total. The summed E-state index contributed by atoms with van der Waals surface area (Å²) in [5.41, 5.74) is 0.866. The van der Waals surface area contributed by atoms with Gasteiger partial charge >= 0.3 is 0 Å². The van der Waals surface area contributed by atoms with Gasteiger partial charge in [-0.15, -0.1) is 0 Å². The van der Waals surface area contributed by atoms with Gasteiger partial charge in [0.25, 0.3) is 0 Å². The van der Waals surface area contributed by atoms with Crippen molar-refractivity contribution in [3.63, 3.8) is 0 Å². The predicted octanol–water partition coefficient (Wildman–Crippen LogP) is 1.11. The molecule has 0 fully saturated rings. The first-order valence-electron chi connectivity index (χ1n) is 3.18. The van der Waals surface area contributed by atoms with Gasteiger partial charge in [-0.2, -0.15) is 0 Å². The number of hydrogen-bond donors (Lipinski definition) is 0. The van der Waals surface area contributed by atoms with Crippen LogP contribution in [0.5, 0.6) is 0 Å². The van der Waals surface area contributed by atoms with Crippen molar-refractivity contribution in [1.29, 1.82) is 0 Å². The van der Waals surface area contributed by atoms with Crippen LogP contribution in [0.15, 0.2) is 0 Å². The summed E-state index contributed by atoms with van der Waals surface area (Å²) in [7, 11) is 2.27. The van der Waals surface area contributed by atoms with Gasteiger partial charge in [0.05, 0.1) is 7.85 Å². The molecule has 0 radical (unpaired) electrons. The van der Waals surface area contributed by atoms with Crippen molar-refractivity contribution in [3.05, 3.63) is 0 Å². The lowest BCUT2D eigenvalue weighted by Gasteiger charge is -2.06. The molecule has 0 aromatic carbocycles. The standard InChI is InChI=1S/C5H14B2/c1-4-7(3)5(2)6/h5H,4,6H2,1-3H3. The van der Waals surface area contributed by atoms with Gasteiger partial charge in [0.2, 0.25) is 0 Å². The molecule has 0 aromatic heterocycles. The Balaban J connectivity index is 3.14. The summed E-state index contributed by atoms with van der Waals surface area (Å²) in [4.78, 5) is 0. The molecule has 0 aliphatic heterocycles. The van der Waals surface area contributed by atoms with Gasteiger partial charge in [-0.1, -0.05) is 32.7 Å². The first-order chi connectivity index (χ1) is 3.18.